The second-order valence-electron chi connectivity index (χ2n) is 3.69. The van der Waals surface area contributed by atoms with E-state index >= 15 is 0 Å². The van der Waals surface area contributed by atoms with Crippen molar-refractivity contribution < 1.29 is 22.6 Å². The predicted molar refractivity (Wildman–Crippen MR) is 62.2 cm³/mol. The van der Waals surface area contributed by atoms with E-state index < -0.39 is 18.0 Å². The van der Waals surface area contributed by atoms with Crippen LogP contribution in [-0.2, 0) is 0 Å². The van der Waals surface area contributed by atoms with Crippen molar-refractivity contribution in [3.05, 3.63) is 18.2 Å². The molecule has 0 fully saturated rings. The largest absolute Gasteiger partial charge is 0.486 e. The molecule has 100 valence electrons. The Morgan fingerprint density at radius 1 is 1.22 bits per heavy atom. The zero-order valence-corrected chi connectivity index (χ0v) is 10.2. The molecule has 1 atom stereocenters. The lowest BCUT2D eigenvalue weighted by atomic mass is 10.3. The van der Waals surface area contributed by atoms with Crippen LogP contribution in [0.25, 0.3) is 0 Å². The summed E-state index contributed by atoms with van der Waals surface area (Å²) in [7, 11) is 0. The molecule has 0 aromatic heterocycles. The molecule has 0 bridgehead atoms. The quantitative estimate of drug-likeness (QED) is 0.863. The summed E-state index contributed by atoms with van der Waals surface area (Å²) in [6, 6.07) is 4.74. The number of benzene rings is 1. The third-order valence-corrected chi connectivity index (χ3v) is 3.64. The van der Waals surface area contributed by atoms with E-state index in [1.165, 1.54) is 0 Å². The maximum atomic E-state index is 12.6. The fraction of sp³-hybridized carbons (Fsp3) is 0.455. The van der Waals surface area contributed by atoms with Gasteiger partial charge >= 0.3 is 6.18 Å². The lowest BCUT2D eigenvalue weighted by molar-refractivity contribution is -0.126. The first-order valence-electron chi connectivity index (χ1n) is 5.34. The maximum Gasteiger partial charge on any atom is 0.402 e. The molecule has 1 aromatic rings. The van der Waals surface area contributed by atoms with Crippen molar-refractivity contribution >= 4 is 11.8 Å². The summed E-state index contributed by atoms with van der Waals surface area (Å²) >= 11 is 0.683. The minimum Gasteiger partial charge on any atom is -0.486 e. The van der Waals surface area contributed by atoms with Gasteiger partial charge in [0.05, 0.1) is 0 Å². The van der Waals surface area contributed by atoms with Gasteiger partial charge in [0, 0.05) is 11.4 Å². The average molecular weight is 279 g/mol. The van der Waals surface area contributed by atoms with Crippen molar-refractivity contribution in [2.75, 3.05) is 19.8 Å². The predicted octanol–water partition coefficient (Wildman–Crippen LogP) is 2.44. The lowest BCUT2D eigenvalue weighted by Gasteiger charge is -2.21. The SMILES string of the molecule is NCC(Sc1ccc2c(c1)OCCO2)C(F)(F)F. The molecule has 0 radical (unpaired) electrons. The number of hydrogen-bond donors (Lipinski definition) is 1. The molecular formula is C11H12F3NO2S. The van der Waals surface area contributed by atoms with Gasteiger partial charge < -0.3 is 15.2 Å². The van der Waals surface area contributed by atoms with Crippen LogP contribution in [0.15, 0.2) is 23.1 Å². The topological polar surface area (TPSA) is 44.5 Å². The second kappa shape index (κ2) is 5.27. The molecule has 0 aliphatic carbocycles. The summed E-state index contributed by atoms with van der Waals surface area (Å²) in [6.45, 7) is 0.400. The molecule has 7 heteroatoms. The maximum absolute atomic E-state index is 12.6. The Hall–Kier alpha value is -1.08. The normalized spacial score (nSPS) is 16.4. The molecule has 1 aliphatic heterocycles. The van der Waals surface area contributed by atoms with E-state index in [1.807, 2.05) is 0 Å². The zero-order chi connectivity index (χ0) is 13.2. The van der Waals surface area contributed by atoms with Crippen LogP contribution in [0.1, 0.15) is 0 Å². The van der Waals surface area contributed by atoms with Gasteiger partial charge in [-0.05, 0) is 18.2 Å². The van der Waals surface area contributed by atoms with E-state index in [2.05, 4.69) is 0 Å². The number of fused-ring (bicyclic) bond motifs is 1. The van der Waals surface area contributed by atoms with Gasteiger partial charge in [-0.2, -0.15) is 13.2 Å². The number of nitrogens with two attached hydrogens (primary N) is 1. The van der Waals surface area contributed by atoms with Crippen molar-refractivity contribution in [3.8, 4) is 11.5 Å². The van der Waals surface area contributed by atoms with Gasteiger partial charge in [-0.1, -0.05) is 0 Å². The van der Waals surface area contributed by atoms with Crippen LogP contribution in [0.4, 0.5) is 13.2 Å². The van der Waals surface area contributed by atoms with Crippen LogP contribution in [0.2, 0.25) is 0 Å². The van der Waals surface area contributed by atoms with Crippen molar-refractivity contribution in [1.82, 2.24) is 0 Å². The molecule has 1 aromatic carbocycles. The first-order valence-corrected chi connectivity index (χ1v) is 6.22. The van der Waals surface area contributed by atoms with Gasteiger partial charge in [0.1, 0.15) is 18.5 Å². The van der Waals surface area contributed by atoms with E-state index in [4.69, 9.17) is 15.2 Å². The van der Waals surface area contributed by atoms with Gasteiger partial charge in [0.15, 0.2) is 11.5 Å². The van der Waals surface area contributed by atoms with Crippen molar-refractivity contribution in [2.45, 2.75) is 16.3 Å². The minimum absolute atomic E-state index is 0.403. The monoisotopic (exact) mass is 279 g/mol. The number of ether oxygens (including phenoxy) is 2. The Bertz CT molecular complexity index is 425. The van der Waals surface area contributed by atoms with Crippen LogP contribution in [0.5, 0.6) is 11.5 Å². The summed E-state index contributed by atoms with van der Waals surface area (Å²) in [4.78, 5) is 0.465. The number of alkyl halides is 3. The molecule has 0 saturated heterocycles. The van der Waals surface area contributed by atoms with Crippen LogP contribution < -0.4 is 15.2 Å². The molecule has 0 amide bonds. The van der Waals surface area contributed by atoms with E-state index in [0.717, 1.165) is 0 Å². The molecule has 0 spiro atoms. The zero-order valence-electron chi connectivity index (χ0n) is 9.37. The van der Waals surface area contributed by atoms with Crippen molar-refractivity contribution in [2.24, 2.45) is 5.73 Å². The summed E-state index contributed by atoms with van der Waals surface area (Å²) in [5, 5.41) is -1.61. The number of rotatable bonds is 3. The van der Waals surface area contributed by atoms with Crippen LogP contribution in [0.3, 0.4) is 0 Å². The van der Waals surface area contributed by atoms with Gasteiger partial charge in [-0.15, -0.1) is 11.8 Å². The van der Waals surface area contributed by atoms with Gasteiger partial charge in [-0.25, -0.2) is 0 Å². The number of thioether (sulfide) groups is 1. The van der Waals surface area contributed by atoms with Crippen molar-refractivity contribution in [1.29, 1.82) is 0 Å². The van der Waals surface area contributed by atoms with E-state index in [-0.39, 0.29) is 0 Å². The Balaban J connectivity index is 2.14. The number of halogens is 3. The van der Waals surface area contributed by atoms with E-state index in [0.29, 0.717) is 41.4 Å². The molecule has 1 unspecified atom stereocenters. The molecule has 2 N–H and O–H groups in total. The summed E-state index contributed by atoms with van der Waals surface area (Å²) in [5.74, 6) is 1.03. The summed E-state index contributed by atoms with van der Waals surface area (Å²) < 4.78 is 48.4. The lowest BCUT2D eigenvalue weighted by Crippen LogP contribution is -2.32. The first-order chi connectivity index (χ1) is 8.50. The third kappa shape index (κ3) is 3.02. The average Bonchev–Trinajstić information content (AvgIpc) is 2.34. The Morgan fingerprint density at radius 3 is 2.50 bits per heavy atom. The third-order valence-electron chi connectivity index (χ3n) is 2.37. The van der Waals surface area contributed by atoms with Crippen LogP contribution in [-0.4, -0.2) is 31.2 Å². The highest BCUT2D eigenvalue weighted by atomic mass is 32.2. The Kier molecular flexibility index (Phi) is 3.91. The fourth-order valence-corrected chi connectivity index (χ4v) is 2.39. The standard InChI is InChI=1S/C11H12F3NO2S/c12-11(13,14)10(6-15)18-7-1-2-8-9(5-7)17-4-3-16-8/h1-2,5,10H,3-4,6,15H2. The number of hydrogen-bond acceptors (Lipinski definition) is 4. The van der Waals surface area contributed by atoms with Crippen molar-refractivity contribution in [3.63, 3.8) is 0 Å². The molecule has 18 heavy (non-hydrogen) atoms. The molecule has 2 rings (SSSR count). The highest BCUT2D eigenvalue weighted by Gasteiger charge is 2.39. The van der Waals surface area contributed by atoms with E-state index in [9.17, 15) is 13.2 Å². The Labute approximate surface area is 106 Å². The highest BCUT2D eigenvalue weighted by molar-refractivity contribution is 8.00. The summed E-state index contributed by atoms with van der Waals surface area (Å²) in [6.07, 6.45) is -4.31. The molecule has 0 saturated carbocycles. The first kappa shape index (κ1) is 13.4. The van der Waals surface area contributed by atoms with Gasteiger partial charge in [0.25, 0.3) is 0 Å². The van der Waals surface area contributed by atoms with Crippen LogP contribution in [0, 0.1) is 0 Å². The van der Waals surface area contributed by atoms with Crippen LogP contribution >= 0.6 is 11.8 Å². The molecule has 3 nitrogen and oxygen atoms in total. The van der Waals surface area contributed by atoms with Gasteiger partial charge in [0.2, 0.25) is 0 Å². The second-order valence-corrected chi connectivity index (χ2v) is 4.97. The Morgan fingerprint density at radius 2 is 1.89 bits per heavy atom. The highest BCUT2D eigenvalue weighted by Crippen LogP contribution is 2.39. The van der Waals surface area contributed by atoms with E-state index in [1.54, 1.807) is 18.2 Å². The molecule has 1 aliphatic rings. The molecule has 1 heterocycles. The molecular weight excluding hydrogens is 267 g/mol. The minimum atomic E-state index is -4.31. The summed E-state index contributed by atoms with van der Waals surface area (Å²) in [5.41, 5.74) is 5.15. The smallest absolute Gasteiger partial charge is 0.402 e. The fourth-order valence-electron chi connectivity index (χ4n) is 1.51. The van der Waals surface area contributed by atoms with Gasteiger partial charge in [-0.3, -0.25) is 0 Å².